The van der Waals surface area contributed by atoms with Crippen LogP contribution in [0.4, 0.5) is 0 Å². The molecule has 0 aliphatic carbocycles. The monoisotopic (exact) mass is 270 g/mol. The van der Waals surface area contributed by atoms with Crippen molar-refractivity contribution in [3.63, 3.8) is 0 Å². The van der Waals surface area contributed by atoms with E-state index in [4.69, 9.17) is 9.47 Å². The lowest BCUT2D eigenvalue weighted by Gasteiger charge is -2.10. The fourth-order valence-electron chi connectivity index (χ4n) is 1.67. The van der Waals surface area contributed by atoms with E-state index in [0.29, 0.717) is 0 Å². The molecule has 1 heterocycles. The SMILES string of the molecule is C[C@H]1OC(Cc2ccccc2Br)O[C@@H]1C. The Morgan fingerprint density at radius 3 is 2.33 bits per heavy atom. The maximum Gasteiger partial charge on any atom is 0.162 e. The Morgan fingerprint density at radius 1 is 1.13 bits per heavy atom. The zero-order valence-electron chi connectivity index (χ0n) is 8.94. The molecule has 1 aromatic rings. The summed E-state index contributed by atoms with van der Waals surface area (Å²) in [6.45, 7) is 4.09. The molecule has 1 saturated heterocycles. The van der Waals surface area contributed by atoms with Crippen LogP contribution in [0.1, 0.15) is 19.4 Å². The molecule has 0 radical (unpaired) electrons. The third-order valence-electron chi connectivity index (χ3n) is 2.74. The summed E-state index contributed by atoms with van der Waals surface area (Å²) in [7, 11) is 0. The Morgan fingerprint density at radius 2 is 1.73 bits per heavy atom. The molecule has 1 aliphatic rings. The molecular formula is C12H15BrO2. The van der Waals surface area contributed by atoms with Crippen LogP contribution in [-0.2, 0) is 15.9 Å². The molecular weight excluding hydrogens is 256 g/mol. The molecule has 2 atom stereocenters. The second-order valence-corrected chi connectivity index (χ2v) is 4.76. The molecule has 3 heteroatoms. The van der Waals surface area contributed by atoms with E-state index in [-0.39, 0.29) is 18.5 Å². The van der Waals surface area contributed by atoms with Gasteiger partial charge in [0.1, 0.15) is 0 Å². The summed E-state index contributed by atoms with van der Waals surface area (Å²) in [6, 6.07) is 8.17. The summed E-state index contributed by atoms with van der Waals surface area (Å²) in [6.07, 6.45) is 1.08. The fourth-order valence-corrected chi connectivity index (χ4v) is 2.12. The summed E-state index contributed by atoms with van der Waals surface area (Å²) in [5.41, 5.74) is 1.23. The van der Waals surface area contributed by atoms with Crippen molar-refractivity contribution < 1.29 is 9.47 Å². The van der Waals surface area contributed by atoms with Gasteiger partial charge in [0.2, 0.25) is 0 Å². The van der Waals surface area contributed by atoms with Crippen molar-refractivity contribution in [1.29, 1.82) is 0 Å². The second-order valence-electron chi connectivity index (χ2n) is 3.91. The third-order valence-corrected chi connectivity index (χ3v) is 3.51. The molecule has 1 fully saturated rings. The standard InChI is InChI=1S/C12H15BrO2/c1-8-9(2)15-12(14-8)7-10-5-3-4-6-11(10)13/h3-6,8-9,12H,7H2,1-2H3/t8-,9-/m1/s1. The topological polar surface area (TPSA) is 18.5 Å². The number of rotatable bonds is 2. The van der Waals surface area contributed by atoms with E-state index in [9.17, 15) is 0 Å². The molecule has 2 nitrogen and oxygen atoms in total. The smallest absolute Gasteiger partial charge is 0.162 e. The number of hydrogen-bond donors (Lipinski definition) is 0. The average Bonchev–Trinajstić information content (AvgIpc) is 2.50. The van der Waals surface area contributed by atoms with Crippen LogP contribution in [0.3, 0.4) is 0 Å². The lowest BCUT2D eigenvalue weighted by molar-refractivity contribution is -0.0608. The van der Waals surface area contributed by atoms with Gasteiger partial charge in [-0.15, -0.1) is 0 Å². The van der Waals surface area contributed by atoms with E-state index < -0.39 is 0 Å². The maximum atomic E-state index is 5.69. The Balaban J connectivity index is 2.01. The molecule has 0 saturated carbocycles. The third kappa shape index (κ3) is 2.60. The normalized spacial score (nSPS) is 27.1. The fraction of sp³-hybridized carbons (Fsp3) is 0.500. The lowest BCUT2D eigenvalue weighted by Crippen LogP contribution is -2.13. The minimum Gasteiger partial charge on any atom is -0.347 e. The van der Waals surface area contributed by atoms with Crippen molar-refractivity contribution in [2.75, 3.05) is 0 Å². The van der Waals surface area contributed by atoms with Crippen LogP contribution in [0.5, 0.6) is 0 Å². The van der Waals surface area contributed by atoms with Crippen LogP contribution in [0, 0.1) is 0 Å². The maximum absolute atomic E-state index is 5.69. The van der Waals surface area contributed by atoms with Crippen molar-refractivity contribution >= 4 is 15.9 Å². The summed E-state index contributed by atoms with van der Waals surface area (Å²) >= 11 is 3.52. The van der Waals surface area contributed by atoms with Crippen molar-refractivity contribution in [3.8, 4) is 0 Å². The first kappa shape index (κ1) is 11.1. The number of ether oxygens (including phenoxy) is 2. The quantitative estimate of drug-likeness (QED) is 0.822. The first-order valence-corrected chi connectivity index (χ1v) is 6.00. The zero-order chi connectivity index (χ0) is 10.8. The van der Waals surface area contributed by atoms with Gasteiger partial charge >= 0.3 is 0 Å². The summed E-state index contributed by atoms with van der Waals surface area (Å²) in [4.78, 5) is 0. The van der Waals surface area contributed by atoms with Gasteiger partial charge in [-0.1, -0.05) is 34.1 Å². The van der Waals surface area contributed by atoms with Gasteiger partial charge in [-0.05, 0) is 25.5 Å². The highest BCUT2D eigenvalue weighted by Gasteiger charge is 2.29. The van der Waals surface area contributed by atoms with Gasteiger partial charge in [0.05, 0.1) is 12.2 Å². The summed E-state index contributed by atoms with van der Waals surface area (Å²) in [5.74, 6) is 0. The van der Waals surface area contributed by atoms with Crippen LogP contribution < -0.4 is 0 Å². The Labute approximate surface area is 98.7 Å². The van der Waals surface area contributed by atoms with Gasteiger partial charge in [-0.2, -0.15) is 0 Å². The molecule has 1 aliphatic heterocycles. The van der Waals surface area contributed by atoms with Crippen LogP contribution in [0.25, 0.3) is 0 Å². The van der Waals surface area contributed by atoms with Gasteiger partial charge in [-0.25, -0.2) is 0 Å². The van der Waals surface area contributed by atoms with Crippen molar-refractivity contribution in [2.24, 2.45) is 0 Å². The van der Waals surface area contributed by atoms with E-state index in [0.717, 1.165) is 10.9 Å². The van der Waals surface area contributed by atoms with E-state index in [1.54, 1.807) is 0 Å². The number of benzene rings is 1. The molecule has 0 N–H and O–H groups in total. The molecule has 0 aromatic heterocycles. The van der Waals surface area contributed by atoms with Gasteiger partial charge in [0.25, 0.3) is 0 Å². The highest BCUT2D eigenvalue weighted by atomic mass is 79.9. The van der Waals surface area contributed by atoms with Gasteiger partial charge in [0.15, 0.2) is 6.29 Å². The zero-order valence-corrected chi connectivity index (χ0v) is 10.5. The highest BCUT2D eigenvalue weighted by Crippen LogP contribution is 2.24. The molecule has 0 spiro atoms. The predicted molar refractivity (Wildman–Crippen MR) is 62.7 cm³/mol. The minimum atomic E-state index is -0.103. The van der Waals surface area contributed by atoms with Crippen LogP contribution in [0.2, 0.25) is 0 Å². The molecule has 82 valence electrons. The first-order valence-electron chi connectivity index (χ1n) is 5.21. The van der Waals surface area contributed by atoms with E-state index in [1.807, 2.05) is 32.0 Å². The number of hydrogen-bond acceptors (Lipinski definition) is 2. The minimum absolute atomic E-state index is 0.103. The van der Waals surface area contributed by atoms with Crippen LogP contribution in [0.15, 0.2) is 28.7 Å². The Kier molecular flexibility index (Phi) is 3.44. The van der Waals surface area contributed by atoms with Gasteiger partial charge in [0, 0.05) is 10.9 Å². The average molecular weight is 271 g/mol. The predicted octanol–water partition coefficient (Wildman–Crippen LogP) is 3.14. The van der Waals surface area contributed by atoms with Crippen LogP contribution >= 0.6 is 15.9 Å². The second kappa shape index (κ2) is 4.64. The largest absolute Gasteiger partial charge is 0.347 e. The summed E-state index contributed by atoms with van der Waals surface area (Å²) in [5, 5.41) is 0. The first-order chi connectivity index (χ1) is 7.16. The summed E-state index contributed by atoms with van der Waals surface area (Å²) < 4.78 is 12.5. The Bertz CT molecular complexity index is 330. The van der Waals surface area contributed by atoms with Crippen molar-refractivity contribution in [1.82, 2.24) is 0 Å². The molecule has 1 aromatic carbocycles. The van der Waals surface area contributed by atoms with Crippen LogP contribution in [-0.4, -0.2) is 18.5 Å². The highest BCUT2D eigenvalue weighted by molar-refractivity contribution is 9.10. The van der Waals surface area contributed by atoms with Crippen molar-refractivity contribution in [3.05, 3.63) is 34.3 Å². The molecule has 0 bridgehead atoms. The molecule has 15 heavy (non-hydrogen) atoms. The molecule has 0 amide bonds. The van der Waals surface area contributed by atoms with Gasteiger partial charge in [-0.3, -0.25) is 0 Å². The number of halogens is 1. The van der Waals surface area contributed by atoms with E-state index in [1.165, 1.54) is 5.56 Å². The van der Waals surface area contributed by atoms with E-state index >= 15 is 0 Å². The lowest BCUT2D eigenvalue weighted by atomic mass is 10.1. The van der Waals surface area contributed by atoms with Crippen molar-refractivity contribution in [2.45, 2.75) is 38.8 Å². The molecule has 2 rings (SSSR count). The molecule has 0 unspecified atom stereocenters. The van der Waals surface area contributed by atoms with Gasteiger partial charge < -0.3 is 9.47 Å². The van der Waals surface area contributed by atoms with E-state index in [2.05, 4.69) is 22.0 Å². The Hall–Kier alpha value is -0.380.